The minimum absolute atomic E-state index is 0.304. The minimum atomic E-state index is -0.330. The van der Waals surface area contributed by atoms with Crippen LogP contribution in [-0.4, -0.2) is 0 Å². The lowest BCUT2D eigenvalue weighted by molar-refractivity contribution is 0.659. The van der Waals surface area contributed by atoms with E-state index in [1.165, 1.54) is 83.5 Å². The third-order valence-electron chi connectivity index (χ3n) is 16.2. The average molecular weight is 948 g/mol. The standard InChI is InChI=1S/C72H53NO/c1-71(2)64-33-21-20-32-56(64)62-41-53(48-26-14-7-15-27-48)43-66(69(62)71)73(55-35-37-58-63-42-52(47-24-12-6-13-25-47)39-60(50-30-18-9-19-31-50)70(63)74-67(58)45-55)54-34-36-57-61-40-51(46-22-10-5-11-23-46)38-59(49-28-16-8-17-29-49)68(61)72(3,4)65(57)44-54/h5-45H,1-4H3. The van der Waals surface area contributed by atoms with Crippen LogP contribution < -0.4 is 4.90 Å². The summed E-state index contributed by atoms with van der Waals surface area (Å²) in [5.74, 6) is 0. The molecule has 0 atom stereocenters. The SMILES string of the molecule is CC1(C)c2cc(N(c3ccc4c(c3)oc3c(-c5ccccc5)cc(-c5ccccc5)cc34)c3cc(-c4ccccc4)cc4c3C(C)(C)c3ccccc3-4)ccc2-c2cc(-c3ccccc3)cc(-c3ccccc3)c21. The second-order valence-electron chi connectivity index (χ2n) is 21.2. The van der Waals surface area contributed by atoms with Crippen LogP contribution in [0.2, 0.25) is 0 Å². The van der Waals surface area contributed by atoms with Crippen LogP contribution in [0.5, 0.6) is 0 Å². The van der Waals surface area contributed by atoms with E-state index in [1.54, 1.807) is 0 Å². The van der Waals surface area contributed by atoms with Crippen LogP contribution in [-0.2, 0) is 10.8 Å². The number of hydrogen-bond donors (Lipinski definition) is 0. The molecule has 2 heteroatoms. The molecular weight excluding hydrogens is 895 g/mol. The van der Waals surface area contributed by atoms with Crippen LogP contribution in [0.25, 0.3) is 99.8 Å². The van der Waals surface area contributed by atoms with E-state index in [-0.39, 0.29) is 10.8 Å². The van der Waals surface area contributed by atoms with Gasteiger partial charge in [0.25, 0.3) is 0 Å². The lowest BCUT2D eigenvalue weighted by Gasteiger charge is -2.33. The van der Waals surface area contributed by atoms with Crippen LogP contribution in [0.15, 0.2) is 253 Å². The molecular formula is C72H53NO. The number of nitrogens with zero attached hydrogens (tertiary/aromatic N) is 1. The van der Waals surface area contributed by atoms with Crippen LogP contribution in [0.4, 0.5) is 17.1 Å². The van der Waals surface area contributed by atoms with Gasteiger partial charge >= 0.3 is 0 Å². The zero-order chi connectivity index (χ0) is 49.7. The maximum atomic E-state index is 7.19. The molecule has 0 spiro atoms. The van der Waals surface area contributed by atoms with E-state index in [4.69, 9.17) is 4.42 Å². The molecule has 14 rings (SSSR count). The van der Waals surface area contributed by atoms with Gasteiger partial charge in [-0.25, -0.2) is 0 Å². The molecule has 0 N–H and O–H groups in total. The second-order valence-corrected chi connectivity index (χ2v) is 21.2. The quantitative estimate of drug-likeness (QED) is 0.151. The van der Waals surface area contributed by atoms with Gasteiger partial charge in [0.15, 0.2) is 0 Å². The van der Waals surface area contributed by atoms with Gasteiger partial charge in [0.05, 0.1) is 5.69 Å². The highest BCUT2D eigenvalue weighted by Gasteiger charge is 2.42. The van der Waals surface area contributed by atoms with Crippen molar-refractivity contribution < 1.29 is 4.42 Å². The van der Waals surface area contributed by atoms with E-state index in [1.807, 2.05) is 0 Å². The molecule has 2 aliphatic carbocycles. The Balaban J connectivity index is 1.03. The summed E-state index contributed by atoms with van der Waals surface area (Å²) < 4.78 is 7.19. The Morgan fingerprint density at radius 3 is 1.36 bits per heavy atom. The Morgan fingerprint density at radius 2 is 0.743 bits per heavy atom. The van der Waals surface area contributed by atoms with Gasteiger partial charge in [0.2, 0.25) is 0 Å². The third-order valence-corrected chi connectivity index (χ3v) is 16.2. The van der Waals surface area contributed by atoms with Crippen LogP contribution in [0.1, 0.15) is 49.9 Å². The van der Waals surface area contributed by atoms with Gasteiger partial charge in [-0.1, -0.05) is 210 Å². The summed E-state index contributed by atoms with van der Waals surface area (Å²) in [4.78, 5) is 2.53. The second kappa shape index (κ2) is 16.8. The topological polar surface area (TPSA) is 16.4 Å². The number of anilines is 3. The molecule has 0 aliphatic heterocycles. The van der Waals surface area contributed by atoms with Crippen molar-refractivity contribution in [3.05, 3.63) is 271 Å². The van der Waals surface area contributed by atoms with Crippen molar-refractivity contribution in [2.24, 2.45) is 0 Å². The maximum absolute atomic E-state index is 7.19. The van der Waals surface area contributed by atoms with Crippen molar-refractivity contribution in [2.75, 3.05) is 4.90 Å². The van der Waals surface area contributed by atoms with Gasteiger partial charge in [0, 0.05) is 44.6 Å². The highest BCUT2D eigenvalue weighted by atomic mass is 16.3. The van der Waals surface area contributed by atoms with E-state index >= 15 is 0 Å². The van der Waals surface area contributed by atoms with Gasteiger partial charge in [-0.05, 0) is 155 Å². The molecule has 1 aromatic heterocycles. The Kier molecular flexibility index (Phi) is 9.94. The van der Waals surface area contributed by atoms with E-state index in [0.29, 0.717) is 0 Å². The smallest absolute Gasteiger partial charge is 0.143 e. The van der Waals surface area contributed by atoms with Gasteiger partial charge in [-0.2, -0.15) is 0 Å². The van der Waals surface area contributed by atoms with Crippen molar-refractivity contribution in [3.63, 3.8) is 0 Å². The van der Waals surface area contributed by atoms with Crippen molar-refractivity contribution in [2.45, 2.75) is 38.5 Å². The summed E-state index contributed by atoms with van der Waals surface area (Å²) in [5, 5.41) is 2.19. The van der Waals surface area contributed by atoms with Crippen molar-refractivity contribution >= 4 is 39.0 Å². The van der Waals surface area contributed by atoms with Crippen LogP contribution in [0, 0.1) is 0 Å². The monoisotopic (exact) mass is 947 g/mol. The van der Waals surface area contributed by atoms with Gasteiger partial charge in [-0.3, -0.25) is 0 Å². The molecule has 74 heavy (non-hydrogen) atoms. The predicted molar refractivity (Wildman–Crippen MR) is 311 cm³/mol. The molecule has 2 nitrogen and oxygen atoms in total. The highest BCUT2D eigenvalue weighted by Crippen LogP contribution is 2.58. The molecule has 352 valence electrons. The van der Waals surface area contributed by atoms with E-state index in [0.717, 1.165) is 55.7 Å². The molecule has 11 aromatic carbocycles. The van der Waals surface area contributed by atoms with E-state index in [2.05, 4.69) is 281 Å². The fourth-order valence-electron chi connectivity index (χ4n) is 12.7. The van der Waals surface area contributed by atoms with Crippen molar-refractivity contribution in [1.29, 1.82) is 0 Å². The Bertz CT molecular complexity index is 4150. The summed E-state index contributed by atoms with van der Waals surface area (Å²) in [6.07, 6.45) is 0. The number of rotatable bonds is 8. The number of hydrogen-bond acceptors (Lipinski definition) is 2. The molecule has 0 saturated heterocycles. The van der Waals surface area contributed by atoms with E-state index < -0.39 is 0 Å². The summed E-state index contributed by atoms with van der Waals surface area (Å²) in [7, 11) is 0. The van der Waals surface area contributed by atoms with Gasteiger partial charge in [-0.15, -0.1) is 0 Å². The molecule has 0 unspecified atom stereocenters. The Labute approximate surface area is 433 Å². The molecule has 0 fully saturated rings. The summed E-state index contributed by atoms with van der Waals surface area (Å²) in [6, 6.07) is 91.5. The van der Waals surface area contributed by atoms with Crippen LogP contribution >= 0.6 is 0 Å². The van der Waals surface area contributed by atoms with Gasteiger partial charge < -0.3 is 9.32 Å². The molecule has 0 amide bonds. The first-order valence-electron chi connectivity index (χ1n) is 25.9. The minimum Gasteiger partial charge on any atom is -0.455 e. The zero-order valence-corrected chi connectivity index (χ0v) is 42.0. The third kappa shape index (κ3) is 6.86. The van der Waals surface area contributed by atoms with Crippen molar-refractivity contribution in [1.82, 2.24) is 0 Å². The summed E-state index contributed by atoms with van der Waals surface area (Å²) >= 11 is 0. The van der Waals surface area contributed by atoms with Crippen molar-refractivity contribution in [3.8, 4) is 77.9 Å². The highest BCUT2D eigenvalue weighted by molar-refractivity contribution is 6.12. The lowest BCUT2D eigenvalue weighted by Crippen LogP contribution is -2.21. The first kappa shape index (κ1) is 43.8. The molecule has 0 radical (unpaired) electrons. The number of benzene rings is 11. The Hall–Kier alpha value is -8.98. The van der Waals surface area contributed by atoms with Crippen LogP contribution in [0.3, 0.4) is 0 Å². The molecule has 2 aliphatic rings. The number of fused-ring (bicyclic) bond motifs is 9. The molecule has 12 aromatic rings. The normalized spacial score (nSPS) is 13.6. The fraction of sp³-hybridized carbons (Fsp3) is 0.0833. The van der Waals surface area contributed by atoms with E-state index in [9.17, 15) is 0 Å². The van der Waals surface area contributed by atoms with Gasteiger partial charge in [0.1, 0.15) is 11.2 Å². The first-order chi connectivity index (χ1) is 36.2. The zero-order valence-electron chi connectivity index (χ0n) is 42.0. The molecule has 0 bridgehead atoms. The average Bonchev–Trinajstić information content (AvgIpc) is 4.03. The maximum Gasteiger partial charge on any atom is 0.143 e. The largest absolute Gasteiger partial charge is 0.455 e. The summed E-state index contributed by atoms with van der Waals surface area (Å²) in [5.41, 5.74) is 26.6. The molecule has 0 saturated carbocycles. The fourth-order valence-corrected chi connectivity index (χ4v) is 12.7. The lowest BCUT2D eigenvalue weighted by atomic mass is 9.78. The molecule has 1 heterocycles. The summed E-state index contributed by atoms with van der Waals surface area (Å²) in [6.45, 7) is 9.64. The predicted octanol–water partition coefficient (Wildman–Crippen LogP) is 20.0. The number of furan rings is 1. The Morgan fingerprint density at radius 1 is 0.297 bits per heavy atom. The first-order valence-corrected chi connectivity index (χ1v) is 25.9.